The summed E-state index contributed by atoms with van der Waals surface area (Å²) in [4.78, 5) is 15.9. The second kappa shape index (κ2) is 5.03. The van der Waals surface area contributed by atoms with Gasteiger partial charge in [-0.15, -0.1) is 0 Å². The maximum atomic E-state index is 11.5. The molecule has 0 radical (unpaired) electrons. The van der Waals surface area contributed by atoms with Crippen molar-refractivity contribution in [2.45, 2.75) is 0 Å². The third-order valence-electron chi connectivity index (χ3n) is 2.84. The number of hydrogen-bond donors (Lipinski definition) is 1. The first-order valence-electron chi connectivity index (χ1n) is 5.64. The zero-order valence-electron chi connectivity index (χ0n) is 9.93. The Morgan fingerprint density at radius 3 is 2.65 bits per heavy atom. The summed E-state index contributed by atoms with van der Waals surface area (Å²) in [7, 11) is 0. The van der Waals surface area contributed by atoms with Gasteiger partial charge >= 0.3 is 5.97 Å². The number of benzene rings is 1. The van der Waals surface area contributed by atoms with Gasteiger partial charge in [-0.05, 0) is 46.3 Å². The van der Waals surface area contributed by atoms with Crippen molar-refractivity contribution in [3.05, 3.63) is 51.1 Å². The van der Waals surface area contributed by atoms with Crippen LogP contribution in [0.5, 0.6) is 0 Å². The lowest BCUT2D eigenvalue weighted by atomic mass is 10.1. The van der Waals surface area contributed by atoms with Crippen molar-refractivity contribution >= 4 is 48.7 Å². The molecule has 2 aromatic heterocycles. The molecule has 0 fully saturated rings. The Bertz CT molecular complexity index is 826. The Morgan fingerprint density at radius 1 is 1.20 bits per heavy atom. The van der Waals surface area contributed by atoms with E-state index in [0.717, 1.165) is 0 Å². The van der Waals surface area contributed by atoms with Gasteiger partial charge in [-0.1, -0.05) is 22.0 Å². The third kappa shape index (κ3) is 2.25. The van der Waals surface area contributed by atoms with Gasteiger partial charge in [0.1, 0.15) is 5.69 Å². The Morgan fingerprint density at radius 2 is 2.00 bits per heavy atom. The molecule has 1 N–H and O–H groups in total. The van der Waals surface area contributed by atoms with Gasteiger partial charge in [0.2, 0.25) is 0 Å². The minimum atomic E-state index is -1.00. The number of carboxylic acid groups (broad SMARTS) is 1. The van der Waals surface area contributed by atoms with Gasteiger partial charge in [0.15, 0.2) is 10.4 Å². The largest absolute Gasteiger partial charge is 0.478 e. The van der Waals surface area contributed by atoms with Crippen molar-refractivity contribution in [3.8, 4) is 11.5 Å². The predicted molar refractivity (Wildman–Crippen MR) is 81.8 cm³/mol. The fourth-order valence-electron chi connectivity index (χ4n) is 1.99. The van der Waals surface area contributed by atoms with Crippen molar-refractivity contribution in [2.75, 3.05) is 0 Å². The molecule has 0 spiro atoms. The molecule has 0 aliphatic heterocycles. The molecule has 0 aliphatic rings. The highest BCUT2D eigenvalue weighted by atomic mass is 79.9. The predicted octanol–water partition coefficient (Wildman–Crippen LogP) is 4.72. The van der Waals surface area contributed by atoms with Crippen LogP contribution in [0.4, 0.5) is 0 Å². The van der Waals surface area contributed by atoms with E-state index in [9.17, 15) is 9.90 Å². The first kappa shape index (κ1) is 13.3. The van der Waals surface area contributed by atoms with Crippen LogP contribution in [0.15, 0.2) is 50.0 Å². The maximum absolute atomic E-state index is 11.5. The van der Waals surface area contributed by atoms with Crippen LogP contribution >= 0.6 is 31.9 Å². The Hall–Kier alpha value is -1.66. The number of fused-ring (bicyclic) bond motifs is 1. The molecule has 1 aromatic carbocycles. The summed E-state index contributed by atoms with van der Waals surface area (Å²) in [5.41, 5.74) is 1.27. The van der Waals surface area contributed by atoms with Gasteiger partial charge in [-0.2, -0.15) is 0 Å². The maximum Gasteiger partial charge on any atom is 0.336 e. The van der Waals surface area contributed by atoms with E-state index >= 15 is 0 Å². The molecule has 3 aromatic rings. The van der Waals surface area contributed by atoms with Gasteiger partial charge in [-0.3, -0.25) is 0 Å². The topological polar surface area (TPSA) is 63.3 Å². The molecule has 0 amide bonds. The second-order valence-corrected chi connectivity index (χ2v) is 5.73. The normalized spacial score (nSPS) is 10.9. The molecule has 100 valence electrons. The molecule has 6 heteroatoms. The van der Waals surface area contributed by atoms with Crippen molar-refractivity contribution in [2.24, 2.45) is 0 Å². The summed E-state index contributed by atoms with van der Waals surface area (Å²) in [6.45, 7) is 0. The molecule has 0 saturated carbocycles. The van der Waals surface area contributed by atoms with Gasteiger partial charge in [0.25, 0.3) is 0 Å². The van der Waals surface area contributed by atoms with E-state index < -0.39 is 5.97 Å². The molecule has 4 nitrogen and oxygen atoms in total. The van der Waals surface area contributed by atoms with Gasteiger partial charge in [0, 0.05) is 9.86 Å². The fraction of sp³-hybridized carbons (Fsp3) is 0. The summed E-state index contributed by atoms with van der Waals surface area (Å²) in [6.07, 6.45) is 0. The van der Waals surface area contributed by atoms with Crippen LogP contribution in [-0.4, -0.2) is 16.1 Å². The minimum Gasteiger partial charge on any atom is -0.478 e. The highest BCUT2D eigenvalue weighted by Gasteiger charge is 2.16. The summed E-state index contributed by atoms with van der Waals surface area (Å²) in [5.74, 6) is -0.488. The number of nitrogens with zero attached hydrogens (tertiary/aromatic N) is 1. The smallest absolute Gasteiger partial charge is 0.336 e. The number of hydrogen-bond acceptors (Lipinski definition) is 3. The average molecular weight is 397 g/mol. The molecular weight excluding hydrogens is 390 g/mol. The number of aromatic carboxylic acids is 1. The van der Waals surface area contributed by atoms with Crippen LogP contribution in [0.25, 0.3) is 22.4 Å². The van der Waals surface area contributed by atoms with E-state index in [1.165, 1.54) is 6.07 Å². The summed E-state index contributed by atoms with van der Waals surface area (Å²) >= 11 is 6.59. The molecule has 3 rings (SSSR count). The monoisotopic (exact) mass is 395 g/mol. The van der Waals surface area contributed by atoms with Gasteiger partial charge < -0.3 is 9.52 Å². The molecule has 0 unspecified atom stereocenters. The molecule has 0 bridgehead atoms. The molecule has 0 saturated heterocycles. The quantitative estimate of drug-likeness (QED) is 0.680. The number of carbonyl (C=O) groups is 1. The van der Waals surface area contributed by atoms with E-state index in [1.54, 1.807) is 24.3 Å². The first-order valence-corrected chi connectivity index (χ1v) is 7.23. The Kier molecular flexibility index (Phi) is 3.35. The van der Waals surface area contributed by atoms with E-state index in [4.69, 9.17) is 4.42 Å². The third-order valence-corrected chi connectivity index (χ3v) is 3.93. The number of rotatable bonds is 2. The highest BCUT2D eigenvalue weighted by Crippen LogP contribution is 2.31. The van der Waals surface area contributed by atoms with Crippen molar-refractivity contribution in [3.63, 3.8) is 0 Å². The number of halogens is 2. The molecule has 0 atom stereocenters. The fourth-order valence-corrected chi connectivity index (χ4v) is 2.87. The average Bonchev–Trinajstić information content (AvgIpc) is 2.84. The summed E-state index contributed by atoms with van der Waals surface area (Å²) in [6, 6.07) is 10.4. The minimum absolute atomic E-state index is 0.185. The van der Waals surface area contributed by atoms with Crippen molar-refractivity contribution in [1.82, 2.24) is 4.98 Å². The molecule has 0 aliphatic carbocycles. The van der Waals surface area contributed by atoms with E-state index in [-0.39, 0.29) is 5.56 Å². The Labute approximate surface area is 130 Å². The van der Waals surface area contributed by atoms with Gasteiger partial charge in [-0.25, -0.2) is 9.78 Å². The lowest BCUT2D eigenvalue weighted by molar-refractivity contribution is 0.0699. The van der Waals surface area contributed by atoms with Crippen LogP contribution in [-0.2, 0) is 0 Å². The number of pyridine rings is 1. The van der Waals surface area contributed by atoms with Crippen LogP contribution in [0.2, 0.25) is 0 Å². The lowest BCUT2D eigenvalue weighted by Crippen LogP contribution is -2.00. The van der Waals surface area contributed by atoms with Crippen molar-refractivity contribution < 1.29 is 14.3 Å². The zero-order valence-corrected chi connectivity index (χ0v) is 13.1. The zero-order chi connectivity index (χ0) is 14.3. The highest BCUT2D eigenvalue weighted by molar-refractivity contribution is 9.10. The molecule has 20 heavy (non-hydrogen) atoms. The number of carboxylic acids is 1. The second-order valence-electron chi connectivity index (χ2n) is 4.10. The standard InChI is InChI=1S/C14H7Br2NO3/c15-8-2-1-3-9-13(8)7(14(18)19)6-10(17-9)11-4-5-12(16)20-11/h1-6H,(H,18,19). The van der Waals surface area contributed by atoms with E-state index in [1.807, 2.05) is 6.07 Å². The summed E-state index contributed by atoms with van der Waals surface area (Å²) in [5, 5.41) is 9.97. The van der Waals surface area contributed by atoms with E-state index in [0.29, 0.717) is 31.5 Å². The van der Waals surface area contributed by atoms with Crippen LogP contribution in [0.3, 0.4) is 0 Å². The summed E-state index contributed by atoms with van der Waals surface area (Å²) < 4.78 is 6.70. The van der Waals surface area contributed by atoms with Gasteiger partial charge in [0.05, 0.1) is 11.1 Å². The Balaban J connectivity index is 2.34. The number of aromatic nitrogens is 1. The number of furan rings is 1. The van der Waals surface area contributed by atoms with Crippen LogP contribution in [0, 0.1) is 0 Å². The lowest BCUT2D eigenvalue weighted by Gasteiger charge is -2.07. The van der Waals surface area contributed by atoms with Crippen LogP contribution < -0.4 is 0 Å². The SMILES string of the molecule is O=C(O)c1cc(-c2ccc(Br)o2)nc2cccc(Br)c12. The molecular formula is C14H7Br2NO3. The first-order chi connectivity index (χ1) is 9.56. The van der Waals surface area contributed by atoms with Crippen LogP contribution in [0.1, 0.15) is 10.4 Å². The van der Waals surface area contributed by atoms with Crippen molar-refractivity contribution in [1.29, 1.82) is 0 Å². The van der Waals surface area contributed by atoms with E-state index in [2.05, 4.69) is 36.8 Å². The molecule has 2 heterocycles.